The van der Waals surface area contributed by atoms with E-state index in [1.54, 1.807) is 0 Å². The van der Waals surface area contributed by atoms with E-state index in [4.69, 9.17) is 0 Å². The summed E-state index contributed by atoms with van der Waals surface area (Å²) in [6.45, 7) is 5.83. The van der Waals surface area contributed by atoms with Crippen molar-refractivity contribution in [2.75, 3.05) is 13.1 Å². The zero-order valence-corrected chi connectivity index (χ0v) is 13.6. The van der Waals surface area contributed by atoms with Crippen molar-refractivity contribution in [3.63, 3.8) is 0 Å². The number of hydrogen-bond donors (Lipinski definition) is 1. The SMILES string of the molecule is CCCCCNC(=O)C1(C(=O)N2CCCCC2CC)CC1. The van der Waals surface area contributed by atoms with Crippen LogP contribution >= 0.6 is 0 Å². The molecule has 1 saturated carbocycles. The Balaban J connectivity index is 1.92. The molecule has 0 aromatic rings. The number of nitrogens with one attached hydrogen (secondary N) is 1. The van der Waals surface area contributed by atoms with Crippen LogP contribution in [0.3, 0.4) is 0 Å². The number of likely N-dealkylation sites (tertiary alicyclic amines) is 1. The Morgan fingerprint density at radius 1 is 1.19 bits per heavy atom. The molecular weight excluding hydrogens is 264 g/mol. The van der Waals surface area contributed by atoms with Crippen LogP contribution in [0.2, 0.25) is 0 Å². The maximum Gasteiger partial charge on any atom is 0.238 e. The molecule has 4 heteroatoms. The molecule has 1 saturated heterocycles. The Hall–Kier alpha value is -1.06. The van der Waals surface area contributed by atoms with E-state index < -0.39 is 5.41 Å². The highest BCUT2D eigenvalue weighted by Crippen LogP contribution is 2.48. The van der Waals surface area contributed by atoms with E-state index in [1.165, 1.54) is 6.42 Å². The molecule has 120 valence electrons. The minimum absolute atomic E-state index is 0.0240. The Labute approximate surface area is 128 Å². The van der Waals surface area contributed by atoms with Crippen molar-refractivity contribution in [3.05, 3.63) is 0 Å². The number of carbonyl (C=O) groups excluding carboxylic acids is 2. The second kappa shape index (κ2) is 7.28. The number of amides is 2. The van der Waals surface area contributed by atoms with E-state index in [-0.39, 0.29) is 11.8 Å². The second-order valence-electron chi connectivity index (χ2n) is 6.60. The van der Waals surface area contributed by atoms with Crippen LogP contribution < -0.4 is 5.32 Å². The van der Waals surface area contributed by atoms with Gasteiger partial charge in [-0.25, -0.2) is 0 Å². The molecule has 1 unspecified atom stereocenters. The summed E-state index contributed by atoms with van der Waals surface area (Å²) in [5, 5.41) is 2.99. The fourth-order valence-electron chi connectivity index (χ4n) is 3.38. The second-order valence-corrected chi connectivity index (χ2v) is 6.60. The smallest absolute Gasteiger partial charge is 0.238 e. The molecule has 2 aliphatic rings. The van der Waals surface area contributed by atoms with Gasteiger partial charge in [0.05, 0.1) is 0 Å². The van der Waals surface area contributed by atoms with Crippen LogP contribution in [0.15, 0.2) is 0 Å². The Morgan fingerprint density at radius 3 is 2.57 bits per heavy atom. The number of rotatable bonds is 7. The van der Waals surface area contributed by atoms with Crippen molar-refractivity contribution in [1.82, 2.24) is 10.2 Å². The highest BCUT2D eigenvalue weighted by Gasteiger charge is 2.58. The van der Waals surface area contributed by atoms with Crippen LogP contribution in [0.1, 0.15) is 71.6 Å². The summed E-state index contributed by atoms with van der Waals surface area (Å²) >= 11 is 0. The molecule has 0 radical (unpaired) electrons. The highest BCUT2D eigenvalue weighted by molar-refractivity contribution is 6.08. The van der Waals surface area contributed by atoms with Gasteiger partial charge in [0, 0.05) is 19.1 Å². The van der Waals surface area contributed by atoms with Crippen molar-refractivity contribution < 1.29 is 9.59 Å². The van der Waals surface area contributed by atoms with E-state index in [0.29, 0.717) is 12.6 Å². The minimum atomic E-state index is -0.711. The van der Waals surface area contributed by atoms with E-state index in [2.05, 4.69) is 19.2 Å². The first-order valence-electron chi connectivity index (χ1n) is 8.75. The zero-order valence-electron chi connectivity index (χ0n) is 13.6. The summed E-state index contributed by atoms with van der Waals surface area (Å²) in [5.74, 6) is 0.0751. The van der Waals surface area contributed by atoms with Crippen LogP contribution in [-0.4, -0.2) is 35.8 Å². The van der Waals surface area contributed by atoms with Gasteiger partial charge in [-0.2, -0.15) is 0 Å². The van der Waals surface area contributed by atoms with Crippen LogP contribution in [0.5, 0.6) is 0 Å². The van der Waals surface area contributed by atoms with Gasteiger partial charge in [0.25, 0.3) is 0 Å². The molecule has 1 heterocycles. The van der Waals surface area contributed by atoms with Crippen molar-refractivity contribution in [3.8, 4) is 0 Å². The molecule has 2 amide bonds. The number of carbonyl (C=O) groups is 2. The number of nitrogens with zero attached hydrogens (tertiary/aromatic N) is 1. The summed E-state index contributed by atoms with van der Waals surface area (Å²) in [5.41, 5.74) is -0.711. The lowest BCUT2D eigenvalue weighted by atomic mass is 9.95. The summed E-state index contributed by atoms with van der Waals surface area (Å²) in [4.78, 5) is 27.3. The fourth-order valence-corrected chi connectivity index (χ4v) is 3.38. The topological polar surface area (TPSA) is 49.4 Å². The van der Waals surface area contributed by atoms with Crippen molar-refractivity contribution in [2.45, 2.75) is 77.7 Å². The Bertz CT molecular complexity index is 377. The molecular formula is C17H30N2O2. The lowest BCUT2D eigenvalue weighted by Gasteiger charge is -2.37. The third-order valence-electron chi connectivity index (χ3n) is 5.02. The first-order chi connectivity index (χ1) is 10.2. The highest BCUT2D eigenvalue weighted by atomic mass is 16.2. The quantitative estimate of drug-likeness (QED) is 0.580. The summed E-state index contributed by atoms with van der Waals surface area (Å²) < 4.78 is 0. The van der Waals surface area contributed by atoms with E-state index >= 15 is 0 Å². The number of hydrogen-bond acceptors (Lipinski definition) is 2. The lowest BCUT2D eigenvalue weighted by Crippen LogP contribution is -2.51. The van der Waals surface area contributed by atoms with Crippen LogP contribution in [0, 0.1) is 5.41 Å². The first kappa shape index (κ1) is 16.3. The molecule has 1 aliphatic heterocycles. The Morgan fingerprint density at radius 2 is 1.95 bits per heavy atom. The summed E-state index contributed by atoms with van der Waals surface area (Å²) in [6, 6.07) is 0.344. The fraction of sp³-hybridized carbons (Fsp3) is 0.882. The zero-order chi connectivity index (χ0) is 15.3. The van der Waals surface area contributed by atoms with E-state index in [1.807, 2.05) is 4.90 Å². The molecule has 1 aliphatic carbocycles. The molecule has 0 aromatic carbocycles. The third kappa shape index (κ3) is 3.58. The van der Waals surface area contributed by atoms with Gasteiger partial charge in [0.2, 0.25) is 11.8 Å². The summed E-state index contributed by atoms with van der Waals surface area (Å²) in [7, 11) is 0. The Kier molecular flexibility index (Phi) is 5.65. The van der Waals surface area contributed by atoms with Gasteiger partial charge < -0.3 is 10.2 Å². The van der Waals surface area contributed by atoms with Gasteiger partial charge in [0.1, 0.15) is 5.41 Å². The summed E-state index contributed by atoms with van der Waals surface area (Å²) in [6.07, 6.45) is 9.13. The molecule has 21 heavy (non-hydrogen) atoms. The van der Waals surface area contributed by atoms with Gasteiger partial charge in [-0.05, 0) is 44.9 Å². The maximum absolute atomic E-state index is 12.8. The average Bonchev–Trinajstić information content (AvgIpc) is 3.32. The van der Waals surface area contributed by atoms with Crippen LogP contribution in [0.25, 0.3) is 0 Å². The minimum Gasteiger partial charge on any atom is -0.355 e. The van der Waals surface area contributed by atoms with Crippen molar-refractivity contribution in [2.24, 2.45) is 5.41 Å². The number of unbranched alkanes of at least 4 members (excludes halogenated alkanes) is 2. The molecule has 4 nitrogen and oxygen atoms in total. The van der Waals surface area contributed by atoms with Crippen molar-refractivity contribution >= 4 is 11.8 Å². The standard InChI is InChI=1S/C17H30N2O2/c1-3-5-7-12-18-15(20)17(10-11-17)16(21)19-13-8-6-9-14(19)4-2/h14H,3-13H2,1-2H3,(H,18,20). The third-order valence-corrected chi connectivity index (χ3v) is 5.02. The van der Waals surface area contributed by atoms with Gasteiger partial charge in [-0.3, -0.25) is 9.59 Å². The van der Waals surface area contributed by atoms with Gasteiger partial charge in [0.15, 0.2) is 0 Å². The monoisotopic (exact) mass is 294 g/mol. The normalized spacial score (nSPS) is 23.7. The van der Waals surface area contributed by atoms with E-state index in [0.717, 1.165) is 57.9 Å². The molecule has 1 N–H and O–H groups in total. The van der Waals surface area contributed by atoms with E-state index in [9.17, 15) is 9.59 Å². The molecule has 2 fully saturated rings. The predicted octanol–water partition coefficient (Wildman–Crippen LogP) is 2.86. The molecule has 1 atom stereocenters. The van der Waals surface area contributed by atoms with Gasteiger partial charge in [-0.1, -0.05) is 26.7 Å². The largest absolute Gasteiger partial charge is 0.355 e. The average molecular weight is 294 g/mol. The molecule has 2 rings (SSSR count). The predicted molar refractivity (Wildman–Crippen MR) is 83.8 cm³/mol. The van der Waals surface area contributed by atoms with Gasteiger partial charge in [-0.15, -0.1) is 0 Å². The molecule has 0 bridgehead atoms. The van der Waals surface area contributed by atoms with Gasteiger partial charge >= 0.3 is 0 Å². The van der Waals surface area contributed by atoms with Crippen LogP contribution in [-0.2, 0) is 9.59 Å². The molecule has 0 spiro atoms. The van der Waals surface area contributed by atoms with Crippen molar-refractivity contribution in [1.29, 1.82) is 0 Å². The first-order valence-corrected chi connectivity index (χ1v) is 8.75. The lowest BCUT2D eigenvalue weighted by molar-refractivity contribution is -0.147. The maximum atomic E-state index is 12.8. The van der Waals surface area contributed by atoms with Crippen LogP contribution in [0.4, 0.5) is 0 Å². The molecule has 0 aromatic heterocycles. The number of piperidine rings is 1.